The summed E-state index contributed by atoms with van der Waals surface area (Å²) < 4.78 is 5.37. The molecule has 3 heteroatoms. The van der Waals surface area contributed by atoms with Crippen LogP contribution >= 0.6 is 0 Å². The molecule has 0 bridgehead atoms. The molecule has 3 nitrogen and oxygen atoms in total. The molecule has 0 spiro atoms. The van der Waals surface area contributed by atoms with E-state index < -0.39 is 0 Å². The van der Waals surface area contributed by atoms with Gasteiger partial charge in [-0.3, -0.25) is 9.59 Å². The number of carbonyl (C=O) groups excluding carboxylic acids is 2. The Morgan fingerprint density at radius 2 is 1.79 bits per heavy atom. The van der Waals surface area contributed by atoms with E-state index in [2.05, 4.69) is 20.8 Å². The average Bonchev–Trinajstić information content (AvgIpc) is 2.51. The fraction of sp³-hybridized carbons (Fsp3) is 0.625. The normalized spacial score (nSPS) is 28.8. The lowest BCUT2D eigenvalue weighted by atomic mass is 9.59. The third-order valence-electron chi connectivity index (χ3n) is 4.46. The topological polar surface area (TPSA) is 43.4 Å². The van der Waals surface area contributed by atoms with Crippen LogP contribution in [0.15, 0.2) is 23.0 Å². The van der Waals surface area contributed by atoms with Gasteiger partial charge in [0.2, 0.25) is 0 Å². The van der Waals surface area contributed by atoms with Crippen LogP contribution in [0.3, 0.4) is 0 Å². The predicted molar refractivity (Wildman–Crippen MR) is 73.3 cm³/mol. The van der Waals surface area contributed by atoms with Crippen molar-refractivity contribution in [2.24, 2.45) is 10.8 Å². The lowest BCUT2D eigenvalue weighted by Crippen LogP contribution is -2.36. The summed E-state index contributed by atoms with van der Waals surface area (Å²) in [5.41, 5.74) is 1.60. The Bertz CT molecular complexity index is 508. The summed E-state index contributed by atoms with van der Waals surface area (Å²) in [5, 5.41) is 0. The third kappa shape index (κ3) is 2.15. The first-order valence-electron chi connectivity index (χ1n) is 6.85. The molecule has 1 atom stereocenters. The molecule has 1 saturated carbocycles. The van der Waals surface area contributed by atoms with Gasteiger partial charge in [0.1, 0.15) is 5.76 Å². The van der Waals surface area contributed by atoms with E-state index in [9.17, 15) is 9.59 Å². The van der Waals surface area contributed by atoms with E-state index in [1.165, 1.54) is 6.92 Å². The highest BCUT2D eigenvalue weighted by molar-refractivity contribution is 5.97. The number of carbonyl (C=O) groups is 2. The summed E-state index contributed by atoms with van der Waals surface area (Å²) in [5.74, 6) is 0.344. The Morgan fingerprint density at radius 1 is 1.16 bits per heavy atom. The molecular formula is C16H22O3. The molecule has 0 aromatic heterocycles. The summed E-state index contributed by atoms with van der Waals surface area (Å²) >= 11 is 0. The molecule has 1 unspecified atom stereocenters. The summed E-state index contributed by atoms with van der Waals surface area (Å²) in [6, 6.07) is 0. The summed E-state index contributed by atoms with van der Waals surface area (Å²) in [4.78, 5) is 23.2. The van der Waals surface area contributed by atoms with Gasteiger partial charge in [0.05, 0.1) is 0 Å². The highest BCUT2D eigenvalue weighted by atomic mass is 16.5. The first kappa shape index (κ1) is 14.0. The molecule has 0 aromatic rings. The largest absolute Gasteiger partial charge is 0.427 e. The number of hydrogen-bond acceptors (Lipinski definition) is 3. The van der Waals surface area contributed by atoms with Crippen molar-refractivity contribution in [3.05, 3.63) is 23.0 Å². The number of hydrogen-bond donors (Lipinski definition) is 0. The second-order valence-corrected chi connectivity index (χ2v) is 6.52. The van der Waals surface area contributed by atoms with Crippen molar-refractivity contribution in [1.29, 1.82) is 0 Å². The van der Waals surface area contributed by atoms with Crippen LogP contribution in [0.2, 0.25) is 0 Å². The SMILES string of the molecule is CC(=O)OC1=C2C(C)(C)CCCC2(C)C(C(C)=O)=C1. The first-order valence-corrected chi connectivity index (χ1v) is 6.85. The number of esters is 1. The van der Waals surface area contributed by atoms with Gasteiger partial charge in [-0.1, -0.05) is 27.2 Å². The van der Waals surface area contributed by atoms with E-state index in [1.807, 2.05) is 0 Å². The molecule has 0 saturated heterocycles. The highest BCUT2D eigenvalue weighted by Gasteiger charge is 2.50. The standard InChI is InChI=1S/C16H22O3/c1-10(17)12-9-13(19-11(2)18)14-15(3,4)7-6-8-16(12,14)5/h9H,6-8H2,1-5H3. The molecule has 0 amide bonds. The molecule has 104 valence electrons. The van der Waals surface area contributed by atoms with Gasteiger partial charge in [-0.15, -0.1) is 0 Å². The Labute approximate surface area is 114 Å². The smallest absolute Gasteiger partial charge is 0.308 e. The highest BCUT2D eigenvalue weighted by Crippen LogP contribution is 2.59. The average molecular weight is 262 g/mol. The monoisotopic (exact) mass is 262 g/mol. The van der Waals surface area contributed by atoms with Gasteiger partial charge in [0.25, 0.3) is 0 Å². The van der Waals surface area contributed by atoms with Crippen molar-refractivity contribution in [1.82, 2.24) is 0 Å². The second kappa shape index (κ2) is 4.32. The van der Waals surface area contributed by atoms with Gasteiger partial charge in [0, 0.05) is 17.9 Å². The molecule has 0 aromatic carbocycles. The maximum atomic E-state index is 11.9. The Morgan fingerprint density at radius 3 is 2.32 bits per heavy atom. The predicted octanol–water partition coefficient (Wildman–Crippen LogP) is 3.55. The second-order valence-electron chi connectivity index (χ2n) is 6.52. The van der Waals surface area contributed by atoms with Gasteiger partial charge in [-0.05, 0) is 36.8 Å². The molecule has 0 N–H and O–H groups in total. The molecule has 1 fully saturated rings. The molecule has 2 aliphatic carbocycles. The van der Waals surface area contributed by atoms with Gasteiger partial charge >= 0.3 is 5.97 Å². The van der Waals surface area contributed by atoms with Crippen LogP contribution in [0.4, 0.5) is 0 Å². The summed E-state index contributed by atoms with van der Waals surface area (Å²) in [6.07, 6.45) is 4.88. The van der Waals surface area contributed by atoms with E-state index in [0.29, 0.717) is 5.76 Å². The van der Waals surface area contributed by atoms with Crippen LogP contribution in [0.5, 0.6) is 0 Å². The number of ether oxygens (including phenoxy) is 1. The van der Waals surface area contributed by atoms with Crippen molar-refractivity contribution in [2.75, 3.05) is 0 Å². The van der Waals surface area contributed by atoms with Crippen molar-refractivity contribution < 1.29 is 14.3 Å². The quantitative estimate of drug-likeness (QED) is 0.715. The fourth-order valence-electron chi connectivity index (χ4n) is 3.84. The zero-order valence-corrected chi connectivity index (χ0v) is 12.4. The maximum absolute atomic E-state index is 11.9. The van der Waals surface area contributed by atoms with E-state index in [4.69, 9.17) is 4.74 Å². The third-order valence-corrected chi connectivity index (χ3v) is 4.46. The number of fused-ring (bicyclic) bond motifs is 1. The molecule has 0 radical (unpaired) electrons. The number of Topliss-reactive ketones (excluding diaryl/α,β-unsaturated/α-hetero) is 1. The zero-order chi connectivity index (χ0) is 14.4. The van der Waals surface area contributed by atoms with Crippen LogP contribution in [-0.2, 0) is 14.3 Å². The van der Waals surface area contributed by atoms with Crippen LogP contribution in [0, 0.1) is 10.8 Å². The Hall–Kier alpha value is -1.38. The molecule has 0 aliphatic heterocycles. The molecule has 0 heterocycles. The van der Waals surface area contributed by atoms with Crippen LogP contribution in [0.1, 0.15) is 53.9 Å². The molecule has 2 aliphatic rings. The maximum Gasteiger partial charge on any atom is 0.308 e. The molecular weight excluding hydrogens is 240 g/mol. The van der Waals surface area contributed by atoms with Crippen molar-refractivity contribution in [3.8, 4) is 0 Å². The van der Waals surface area contributed by atoms with Crippen LogP contribution < -0.4 is 0 Å². The minimum Gasteiger partial charge on any atom is -0.427 e. The minimum atomic E-state index is -0.327. The zero-order valence-electron chi connectivity index (χ0n) is 12.4. The van der Waals surface area contributed by atoms with E-state index in [1.54, 1.807) is 13.0 Å². The molecule has 19 heavy (non-hydrogen) atoms. The van der Waals surface area contributed by atoms with Crippen molar-refractivity contribution in [3.63, 3.8) is 0 Å². The number of rotatable bonds is 2. The lowest BCUT2D eigenvalue weighted by Gasteiger charge is -2.44. The summed E-state index contributed by atoms with van der Waals surface area (Å²) in [7, 11) is 0. The van der Waals surface area contributed by atoms with Crippen LogP contribution in [-0.4, -0.2) is 11.8 Å². The number of ketones is 1. The summed E-state index contributed by atoms with van der Waals surface area (Å²) in [6.45, 7) is 9.43. The van der Waals surface area contributed by atoms with Crippen molar-refractivity contribution in [2.45, 2.75) is 53.9 Å². The van der Waals surface area contributed by atoms with Crippen LogP contribution in [0.25, 0.3) is 0 Å². The van der Waals surface area contributed by atoms with E-state index in [-0.39, 0.29) is 22.6 Å². The first-order chi connectivity index (χ1) is 8.68. The van der Waals surface area contributed by atoms with Crippen molar-refractivity contribution >= 4 is 11.8 Å². The van der Waals surface area contributed by atoms with E-state index >= 15 is 0 Å². The van der Waals surface area contributed by atoms with E-state index in [0.717, 1.165) is 30.4 Å². The Balaban J connectivity index is 2.58. The van der Waals surface area contributed by atoms with Gasteiger partial charge < -0.3 is 4.74 Å². The molecule has 2 rings (SSSR count). The minimum absolute atomic E-state index is 0.0362. The van der Waals surface area contributed by atoms with Gasteiger partial charge in [-0.25, -0.2) is 0 Å². The fourth-order valence-corrected chi connectivity index (χ4v) is 3.84. The lowest BCUT2D eigenvalue weighted by molar-refractivity contribution is -0.136. The van der Waals surface area contributed by atoms with Gasteiger partial charge in [0.15, 0.2) is 5.78 Å². The van der Waals surface area contributed by atoms with Gasteiger partial charge in [-0.2, -0.15) is 0 Å². The Kier molecular flexibility index (Phi) is 3.20. The number of allylic oxidation sites excluding steroid dienone is 3.